The van der Waals surface area contributed by atoms with Crippen molar-refractivity contribution in [2.24, 2.45) is 0 Å². The van der Waals surface area contributed by atoms with Gasteiger partial charge >= 0.3 is 5.97 Å². The van der Waals surface area contributed by atoms with Crippen molar-refractivity contribution in [2.45, 2.75) is 11.8 Å². The third-order valence-corrected chi connectivity index (χ3v) is 5.08. The van der Waals surface area contributed by atoms with Gasteiger partial charge in [-0.25, -0.2) is 4.79 Å². The molecular weight excluding hydrogens is 385 g/mol. The molecule has 0 unspecified atom stereocenters. The van der Waals surface area contributed by atoms with E-state index in [9.17, 15) is 13.8 Å². The molecule has 0 aliphatic carbocycles. The lowest BCUT2D eigenvalue weighted by molar-refractivity contribution is -0.119. The number of amides is 1. The maximum atomic E-state index is 12.1. The monoisotopic (exact) mass is 399 g/mol. The fraction of sp³-hybridized carbons (Fsp3) is 0.176. The smallest absolute Gasteiger partial charge is 0.339 e. The molecule has 0 spiro atoms. The lowest BCUT2D eigenvalue weighted by Gasteiger charge is -2.12. The molecule has 2 aromatic rings. The minimum Gasteiger partial charge on any atom is -0.452 e. The van der Waals surface area contributed by atoms with E-state index in [0.717, 1.165) is 5.56 Å². The topological polar surface area (TPSA) is 72.5 Å². The standard InChI is InChI=1S/C17H15Cl2NO4S/c1-10-7-8-12(18)16(15(10)19)20-14(21)9-24-17(22)11-5-3-4-6-13(11)25(2)23/h3-8H,9H2,1-2H3,(H,20,21)/t25-/m1/s1. The Bertz CT molecular complexity index is 855. The second-order valence-electron chi connectivity index (χ2n) is 5.13. The van der Waals surface area contributed by atoms with Gasteiger partial charge in [0.15, 0.2) is 6.61 Å². The molecule has 1 N–H and O–H groups in total. The molecule has 0 saturated heterocycles. The SMILES string of the molecule is Cc1ccc(Cl)c(NC(=O)COC(=O)c2ccccc2[S@@](C)=O)c1Cl. The lowest BCUT2D eigenvalue weighted by atomic mass is 10.2. The number of benzene rings is 2. The molecule has 0 aliphatic rings. The first kappa shape index (κ1) is 19.4. The maximum Gasteiger partial charge on any atom is 0.339 e. The molecule has 132 valence electrons. The number of hydrogen-bond acceptors (Lipinski definition) is 4. The Morgan fingerprint density at radius 3 is 2.52 bits per heavy atom. The van der Waals surface area contributed by atoms with E-state index in [4.69, 9.17) is 27.9 Å². The fourth-order valence-electron chi connectivity index (χ4n) is 2.04. The summed E-state index contributed by atoms with van der Waals surface area (Å²) in [5, 5.41) is 3.12. The summed E-state index contributed by atoms with van der Waals surface area (Å²) < 4.78 is 16.6. The predicted molar refractivity (Wildman–Crippen MR) is 98.9 cm³/mol. The number of aryl methyl sites for hydroxylation is 1. The number of rotatable bonds is 5. The van der Waals surface area contributed by atoms with Crippen LogP contribution in [-0.4, -0.2) is 28.9 Å². The Morgan fingerprint density at radius 1 is 1.16 bits per heavy atom. The molecule has 5 nitrogen and oxygen atoms in total. The number of carbonyl (C=O) groups is 2. The molecule has 0 radical (unpaired) electrons. The van der Waals surface area contributed by atoms with Gasteiger partial charge in [-0.2, -0.15) is 0 Å². The maximum absolute atomic E-state index is 12.1. The average Bonchev–Trinajstić information content (AvgIpc) is 2.60. The van der Waals surface area contributed by atoms with E-state index in [2.05, 4.69) is 5.32 Å². The summed E-state index contributed by atoms with van der Waals surface area (Å²) in [5.41, 5.74) is 1.17. The van der Waals surface area contributed by atoms with Crippen LogP contribution in [0.3, 0.4) is 0 Å². The molecule has 1 amide bonds. The Kier molecular flexibility index (Phi) is 6.58. The van der Waals surface area contributed by atoms with Gasteiger partial charge in [0.2, 0.25) is 0 Å². The van der Waals surface area contributed by atoms with Crippen LogP contribution >= 0.6 is 23.2 Å². The summed E-state index contributed by atoms with van der Waals surface area (Å²) in [6.45, 7) is 1.25. The second kappa shape index (κ2) is 8.47. The Morgan fingerprint density at radius 2 is 1.84 bits per heavy atom. The zero-order chi connectivity index (χ0) is 18.6. The van der Waals surface area contributed by atoms with Crippen LogP contribution in [0.4, 0.5) is 5.69 Å². The molecule has 0 aromatic heterocycles. The first-order chi connectivity index (χ1) is 11.8. The van der Waals surface area contributed by atoms with E-state index in [1.54, 1.807) is 37.3 Å². The Hall–Kier alpha value is -1.89. The minimum atomic E-state index is -1.35. The Balaban J connectivity index is 2.05. The number of ether oxygens (including phenoxy) is 1. The lowest BCUT2D eigenvalue weighted by Crippen LogP contribution is -2.22. The molecular formula is C17H15Cl2NO4S. The fourth-order valence-corrected chi connectivity index (χ4v) is 3.24. The first-order valence-electron chi connectivity index (χ1n) is 7.15. The summed E-state index contributed by atoms with van der Waals surface area (Å²) in [6.07, 6.45) is 1.46. The van der Waals surface area contributed by atoms with Gasteiger partial charge in [-0.1, -0.05) is 41.4 Å². The van der Waals surface area contributed by atoms with Gasteiger partial charge in [0.05, 0.1) is 37.0 Å². The highest BCUT2D eigenvalue weighted by molar-refractivity contribution is 7.84. The number of halogens is 2. The van der Waals surface area contributed by atoms with Crippen molar-refractivity contribution in [1.82, 2.24) is 0 Å². The molecule has 1 atom stereocenters. The van der Waals surface area contributed by atoms with Crippen molar-refractivity contribution in [1.29, 1.82) is 0 Å². The molecule has 0 fully saturated rings. The summed E-state index contributed by atoms with van der Waals surface area (Å²) in [4.78, 5) is 24.5. The summed E-state index contributed by atoms with van der Waals surface area (Å²) >= 11 is 12.1. The third kappa shape index (κ3) is 4.81. The van der Waals surface area contributed by atoms with Crippen LogP contribution in [0.1, 0.15) is 15.9 Å². The molecule has 0 heterocycles. The van der Waals surface area contributed by atoms with Crippen molar-refractivity contribution < 1.29 is 18.5 Å². The zero-order valence-corrected chi connectivity index (χ0v) is 15.8. The molecule has 8 heteroatoms. The van der Waals surface area contributed by atoms with Crippen LogP contribution in [0.15, 0.2) is 41.3 Å². The average molecular weight is 400 g/mol. The van der Waals surface area contributed by atoms with Crippen LogP contribution in [0.5, 0.6) is 0 Å². The summed E-state index contributed by atoms with van der Waals surface area (Å²) in [6, 6.07) is 9.69. The van der Waals surface area contributed by atoms with Crippen molar-refractivity contribution in [3.63, 3.8) is 0 Å². The molecule has 2 aromatic carbocycles. The van der Waals surface area contributed by atoms with Gasteiger partial charge in [0.25, 0.3) is 5.91 Å². The van der Waals surface area contributed by atoms with E-state index in [-0.39, 0.29) is 16.3 Å². The third-order valence-electron chi connectivity index (χ3n) is 3.30. The highest BCUT2D eigenvalue weighted by Gasteiger charge is 2.17. The van der Waals surface area contributed by atoms with Gasteiger partial charge in [0.1, 0.15) is 0 Å². The van der Waals surface area contributed by atoms with Gasteiger partial charge in [-0.3, -0.25) is 9.00 Å². The van der Waals surface area contributed by atoms with Crippen molar-refractivity contribution in [2.75, 3.05) is 18.2 Å². The van der Waals surface area contributed by atoms with Crippen molar-refractivity contribution in [3.05, 3.63) is 57.6 Å². The van der Waals surface area contributed by atoms with Crippen LogP contribution < -0.4 is 5.32 Å². The Labute approximate surface area is 157 Å². The minimum absolute atomic E-state index is 0.155. The molecule has 25 heavy (non-hydrogen) atoms. The summed E-state index contributed by atoms with van der Waals surface area (Å²) in [7, 11) is -1.35. The van der Waals surface area contributed by atoms with Gasteiger partial charge < -0.3 is 10.1 Å². The van der Waals surface area contributed by atoms with Crippen LogP contribution in [0.25, 0.3) is 0 Å². The number of carbonyl (C=O) groups excluding carboxylic acids is 2. The molecule has 0 saturated carbocycles. The van der Waals surface area contributed by atoms with E-state index < -0.39 is 29.3 Å². The van der Waals surface area contributed by atoms with Crippen LogP contribution in [0.2, 0.25) is 10.0 Å². The zero-order valence-electron chi connectivity index (χ0n) is 13.5. The van der Waals surface area contributed by atoms with Gasteiger partial charge in [0, 0.05) is 6.26 Å². The normalized spacial score (nSPS) is 11.7. The second-order valence-corrected chi connectivity index (χ2v) is 7.26. The number of esters is 1. The quantitative estimate of drug-likeness (QED) is 0.775. The number of hydrogen-bond donors (Lipinski definition) is 1. The van der Waals surface area contributed by atoms with E-state index >= 15 is 0 Å². The van der Waals surface area contributed by atoms with Crippen molar-refractivity contribution >= 4 is 51.6 Å². The van der Waals surface area contributed by atoms with Crippen molar-refractivity contribution in [3.8, 4) is 0 Å². The van der Waals surface area contributed by atoms with E-state index in [0.29, 0.717) is 9.92 Å². The first-order valence-corrected chi connectivity index (χ1v) is 9.46. The van der Waals surface area contributed by atoms with Crippen LogP contribution in [0, 0.1) is 6.92 Å². The molecule has 2 rings (SSSR count). The number of anilines is 1. The van der Waals surface area contributed by atoms with Gasteiger partial charge in [-0.05, 0) is 30.7 Å². The highest BCUT2D eigenvalue weighted by atomic mass is 35.5. The largest absolute Gasteiger partial charge is 0.452 e. The number of nitrogens with one attached hydrogen (secondary N) is 1. The summed E-state index contributed by atoms with van der Waals surface area (Å²) in [5.74, 6) is -1.32. The predicted octanol–water partition coefficient (Wildman–Crippen LogP) is 3.83. The van der Waals surface area contributed by atoms with E-state index in [1.807, 2.05) is 0 Å². The van der Waals surface area contributed by atoms with Gasteiger partial charge in [-0.15, -0.1) is 0 Å². The molecule has 0 aliphatic heterocycles. The molecule has 0 bridgehead atoms. The highest BCUT2D eigenvalue weighted by Crippen LogP contribution is 2.32. The van der Waals surface area contributed by atoms with E-state index in [1.165, 1.54) is 12.3 Å². The van der Waals surface area contributed by atoms with Crippen LogP contribution in [-0.2, 0) is 20.3 Å².